The number of aromatic nitrogens is 2. The molecule has 0 saturated carbocycles. The zero-order valence-corrected chi connectivity index (χ0v) is 12.6. The molecule has 1 aromatic carbocycles. The lowest BCUT2D eigenvalue weighted by atomic mass is 10.00. The second-order valence-corrected chi connectivity index (χ2v) is 5.51. The van der Waals surface area contributed by atoms with Gasteiger partial charge in [0.1, 0.15) is 24.3 Å². The lowest BCUT2D eigenvalue weighted by Gasteiger charge is -2.13. The molecule has 0 aliphatic carbocycles. The van der Waals surface area contributed by atoms with Gasteiger partial charge < -0.3 is 15.0 Å². The number of nitriles is 1. The minimum Gasteiger partial charge on any atom is -0.483 e. The molecule has 2 aromatic rings. The van der Waals surface area contributed by atoms with Crippen LogP contribution in [0.2, 0.25) is 0 Å². The van der Waals surface area contributed by atoms with E-state index in [-0.39, 0.29) is 0 Å². The van der Waals surface area contributed by atoms with Gasteiger partial charge in [-0.1, -0.05) is 13.8 Å². The van der Waals surface area contributed by atoms with Crippen LogP contribution in [0.15, 0.2) is 24.5 Å². The molecule has 5 nitrogen and oxygen atoms in total. The van der Waals surface area contributed by atoms with E-state index in [1.807, 2.05) is 29.9 Å². The van der Waals surface area contributed by atoms with E-state index in [1.54, 1.807) is 6.20 Å². The highest BCUT2D eigenvalue weighted by Crippen LogP contribution is 2.29. The summed E-state index contributed by atoms with van der Waals surface area (Å²) in [7, 11) is 1.91. The number of aryl methyl sites for hydroxylation is 1. The summed E-state index contributed by atoms with van der Waals surface area (Å²) in [5.74, 6) is 1.86. The monoisotopic (exact) mass is 284 g/mol. The zero-order chi connectivity index (χ0) is 15.4. The highest BCUT2D eigenvalue weighted by molar-refractivity contribution is 5.64. The van der Waals surface area contributed by atoms with Crippen molar-refractivity contribution in [2.24, 2.45) is 13.0 Å². The summed E-state index contributed by atoms with van der Waals surface area (Å²) in [4.78, 5) is 4.21. The van der Waals surface area contributed by atoms with Crippen molar-refractivity contribution >= 4 is 5.69 Å². The first-order valence-corrected chi connectivity index (χ1v) is 6.92. The Balaban J connectivity index is 2.25. The third-order valence-electron chi connectivity index (χ3n) is 3.24. The number of ether oxygens (including phenoxy) is 1. The standard InChI is InChI=1S/C16H20N4O/c1-11(2)6-12-7-13(9-17)16(18)14(8-12)21-10-15-19-4-5-20(15)3/h4-5,7-8,11H,6,10,18H2,1-3H3. The molecule has 1 aromatic heterocycles. The minimum absolute atomic E-state index is 0.323. The summed E-state index contributed by atoms with van der Waals surface area (Å²) in [6.45, 7) is 4.59. The van der Waals surface area contributed by atoms with Crippen LogP contribution in [0, 0.1) is 17.2 Å². The number of benzene rings is 1. The molecule has 1 heterocycles. The predicted molar refractivity (Wildman–Crippen MR) is 81.7 cm³/mol. The van der Waals surface area contributed by atoms with Gasteiger partial charge in [-0.05, 0) is 30.0 Å². The second-order valence-electron chi connectivity index (χ2n) is 5.51. The summed E-state index contributed by atoms with van der Waals surface area (Å²) < 4.78 is 7.66. The number of imidazole rings is 1. The lowest BCUT2D eigenvalue weighted by molar-refractivity contribution is 0.293. The van der Waals surface area contributed by atoms with E-state index in [2.05, 4.69) is 24.9 Å². The van der Waals surface area contributed by atoms with Crippen molar-refractivity contribution in [1.82, 2.24) is 9.55 Å². The Kier molecular flexibility index (Phi) is 4.49. The number of hydrogen-bond donors (Lipinski definition) is 1. The molecule has 2 rings (SSSR count). The molecular formula is C16H20N4O. The van der Waals surface area contributed by atoms with E-state index in [9.17, 15) is 5.26 Å². The summed E-state index contributed by atoms with van der Waals surface area (Å²) in [6.07, 6.45) is 4.46. The fourth-order valence-corrected chi connectivity index (χ4v) is 2.16. The van der Waals surface area contributed by atoms with E-state index in [4.69, 9.17) is 10.5 Å². The van der Waals surface area contributed by atoms with E-state index in [0.29, 0.717) is 29.5 Å². The van der Waals surface area contributed by atoms with Gasteiger partial charge in [0.25, 0.3) is 0 Å². The number of nitrogens with zero attached hydrogens (tertiary/aromatic N) is 3. The Morgan fingerprint density at radius 1 is 1.43 bits per heavy atom. The molecule has 0 fully saturated rings. The summed E-state index contributed by atoms with van der Waals surface area (Å²) >= 11 is 0. The van der Waals surface area contributed by atoms with Crippen LogP contribution in [-0.2, 0) is 20.1 Å². The van der Waals surface area contributed by atoms with E-state index in [1.165, 1.54) is 0 Å². The van der Waals surface area contributed by atoms with Crippen molar-refractivity contribution in [3.8, 4) is 11.8 Å². The minimum atomic E-state index is 0.323. The summed E-state index contributed by atoms with van der Waals surface area (Å²) in [5.41, 5.74) is 7.91. The van der Waals surface area contributed by atoms with Crippen molar-refractivity contribution in [2.45, 2.75) is 26.9 Å². The lowest BCUT2D eigenvalue weighted by Crippen LogP contribution is -2.06. The molecule has 0 amide bonds. The molecule has 0 saturated heterocycles. The third kappa shape index (κ3) is 3.54. The summed E-state index contributed by atoms with van der Waals surface area (Å²) in [5, 5.41) is 9.20. The largest absolute Gasteiger partial charge is 0.483 e. The molecular weight excluding hydrogens is 264 g/mol. The number of nitrogen functional groups attached to an aromatic ring is 1. The highest BCUT2D eigenvalue weighted by Gasteiger charge is 2.11. The fraction of sp³-hybridized carbons (Fsp3) is 0.375. The molecule has 0 radical (unpaired) electrons. The van der Waals surface area contributed by atoms with Gasteiger partial charge in [0.15, 0.2) is 0 Å². The maximum atomic E-state index is 9.20. The average molecular weight is 284 g/mol. The van der Waals surface area contributed by atoms with E-state index >= 15 is 0 Å². The molecule has 0 bridgehead atoms. The van der Waals surface area contributed by atoms with Crippen LogP contribution < -0.4 is 10.5 Å². The maximum Gasteiger partial charge on any atom is 0.146 e. The molecule has 2 N–H and O–H groups in total. The Morgan fingerprint density at radius 3 is 2.76 bits per heavy atom. The number of rotatable bonds is 5. The van der Waals surface area contributed by atoms with E-state index in [0.717, 1.165) is 17.8 Å². The molecule has 5 heteroatoms. The maximum absolute atomic E-state index is 9.20. The average Bonchev–Trinajstić information content (AvgIpc) is 2.84. The van der Waals surface area contributed by atoms with Crippen LogP contribution in [0.1, 0.15) is 30.8 Å². The molecule has 0 spiro atoms. The molecule has 110 valence electrons. The van der Waals surface area contributed by atoms with Crippen molar-refractivity contribution < 1.29 is 4.74 Å². The first-order chi connectivity index (χ1) is 10.0. The first kappa shape index (κ1) is 14.9. The van der Waals surface area contributed by atoms with Gasteiger partial charge in [-0.3, -0.25) is 0 Å². The van der Waals surface area contributed by atoms with Crippen molar-refractivity contribution in [3.63, 3.8) is 0 Å². The van der Waals surface area contributed by atoms with Gasteiger partial charge >= 0.3 is 0 Å². The molecule has 0 atom stereocenters. The molecule has 0 unspecified atom stereocenters. The van der Waals surface area contributed by atoms with Gasteiger partial charge in [0.05, 0.1) is 11.3 Å². The third-order valence-corrected chi connectivity index (χ3v) is 3.24. The smallest absolute Gasteiger partial charge is 0.146 e. The second kappa shape index (κ2) is 6.31. The van der Waals surface area contributed by atoms with Crippen LogP contribution in [0.5, 0.6) is 5.75 Å². The topological polar surface area (TPSA) is 76.9 Å². The van der Waals surface area contributed by atoms with Crippen LogP contribution in [-0.4, -0.2) is 9.55 Å². The zero-order valence-electron chi connectivity index (χ0n) is 12.6. The van der Waals surface area contributed by atoms with Crippen LogP contribution in [0.3, 0.4) is 0 Å². The van der Waals surface area contributed by atoms with Gasteiger partial charge in [0.2, 0.25) is 0 Å². The van der Waals surface area contributed by atoms with Gasteiger partial charge in [-0.25, -0.2) is 4.98 Å². The van der Waals surface area contributed by atoms with Gasteiger partial charge in [0, 0.05) is 19.4 Å². The molecule has 21 heavy (non-hydrogen) atoms. The van der Waals surface area contributed by atoms with Crippen molar-refractivity contribution in [3.05, 3.63) is 41.5 Å². The molecule has 0 aliphatic rings. The SMILES string of the molecule is CC(C)Cc1cc(C#N)c(N)c(OCc2nccn2C)c1. The summed E-state index contributed by atoms with van der Waals surface area (Å²) in [6, 6.07) is 5.88. The Hall–Kier alpha value is -2.48. The van der Waals surface area contributed by atoms with Gasteiger partial charge in [-0.2, -0.15) is 5.26 Å². The Labute approximate surface area is 125 Å². The Bertz CT molecular complexity index is 667. The molecule has 0 aliphatic heterocycles. The fourth-order valence-electron chi connectivity index (χ4n) is 2.16. The van der Waals surface area contributed by atoms with Crippen LogP contribution in [0.4, 0.5) is 5.69 Å². The first-order valence-electron chi connectivity index (χ1n) is 6.92. The van der Waals surface area contributed by atoms with Gasteiger partial charge in [-0.15, -0.1) is 0 Å². The normalized spacial score (nSPS) is 10.6. The Morgan fingerprint density at radius 2 is 2.19 bits per heavy atom. The van der Waals surface area contributed by atoms with Crippen LogP contribution >= 0.6 is 0 Å². The number of anilines is 1. The number of nitrogens with two attached hydrogens (primary N) is 1. The highest BCUT2D eigenvalue weighted by atomic mass is 16.5. The van der Waals surface area contributed by atoms with Crippen molar-refractivity contribution in [1.29, 1.82) is 5.26 Å². The van der Waals surface area contributed by atoms with Crippen LogP contribution in [0.25, 0.3) is 0 Å². The van der Waals surface area contributed by atoms with Crippen molar-refractivity contribution in [2.75, 3.05) is 5.73 Å². The number of hydrogen-bond acceptors (Lipinski definition) is 4. The predicted octanol–water partition coefficient (Wildman–Crippen LogP) is 2.65. The quantitative estimate of drug-likeness (QED) is 0.856. The van der Waals surface area contributed by atoms with E-state index < -0.39 is 0 Å².